The Bertz CT molecular complexity index is 1180. The molecule has 0 radical (unpaired) electrons. The predicted molar refractivity (Wildman–Crippen MR) is 161 cm³/mol. The first-order valence-electron chi connectivity index (χ1n) is 14.6. The Morgan fingerprint density at radius 3 is 1.79 bits per heavy atom. The summed E-state index contributed by atoms with van der Waals surface area (Å²) in [6.07, 6.45) is -1.04. The van der Waals surface area contributed by atoms with Crippen molar-refractivity contribution in [2.24, 2.45) is 5.41 Å². The second-order valence-electron chi connectivity index (χ2n) is 11.8. The van der Waals surface area contributed by atoms with E-state index in [9.17, 15) is 4.79 Å². The minimum absolute atomic E-state index is 0.180. The van der Waals surface area contributed by atoms with Crippen LogP contribution in [0.4, 0.5) is 0 Å². The molecule has 7 heteroatoms. The molecule has 0 aliphatic carbocycles. The number of rotatable bonds is 15. The zero-order valence-electron chi connectivity index (χ0n) is 25.1. The summed E-state index contributed by atoms with van der Waals surface area (Å²) >= 11 is 0. The van der Waals surface area contributed by atoms with Gasteiger partial charge in [-0.3, -0.25) is 0 Å². The van der Waals surface area contributed by atoms with Crippen molar-refractivity contribution in [1.29, 1.82) is 0 Å². The van der Waals surface area contributed by atoms with Crippen LogP contribution in [0.15, 0.2) is 84.9 Å². The highest BCUT2D eigenvalue weighted by Gasteiger charge is 2.49. The Morgan fingerprint density at radius 2 is 1.24 bits per heavy atom. The van der Waals surface area contributed by atoms with Crippen LogP contribution in [-0.4, -0.2) is 50.7 Å². The van der Waals surface area contributed by atoms with Crippen LogP contribution in [0.25, 0.3) is 0 Å². The molecule has 0 amide bonds. The highest BCUT2D eigenvalue weighted by molar-refractivity contribution is 5.57. The lowest BCUT2D eigenvalue weighted by atomic mass is 9.91. The van der Waals surface area contributed by atoms with E-state index in [1.54, 1.807) is 7.11 Å². The van der Waals surface area contributed by atoms with Gasteiger partial charge in [-0.15, -0.1) is 0 Å². The molecule has 3 aromatic carbocycles. The fraction of sp³-hybridized carbons (Fsp3) is 0.457. The molecule has 0 N–H and O–H groups in total. The first-order chi connectivity index (χ1) is 20.4. The summed E-state index contributed by atoms with van der Waals surface area (Å²) in [5.74, 6) is 0.762. The van der Waals surface area contributed by atoms with Gasteiger partial charge in [0.25, 0.3) is 0 Å². The lowest BCUT2D eigenvalue weighted by Gasteiger charge is -2.44. The zero-order chi connectivity index (χ0) is 29.8. The first kappa shape index (κ1) is 31.9. The third kappa shape index (κ3) is 9.75. The van der Waals surface area contributed by atoms with Gasteiger partial charge in [-0.05, 0) is 47.1 Å². The van der Waals surface area contributed by atoms with Gasteiger partial charge in [0.1, 0.15) is 30.2 Å². The topological polar surface area (TPSA) is 72.5 Å². The van der Waals surface area contributed by atoms with Crippen molar-refractivity contribution >= 4 is 6.29 Å². The molecule has 226 valence electrons. The van der Waals surface area contributed by atoms with Crippen molar-refractivity contribution in [3.63, 3.8) is 0 Å². The summed E-state index contributed by atoms with van der Waals surface area (Å²) in [5, 5.41) is 0. The number of methoxy groups -OCH3 is 1. The number of hydrogen-bond donors (Lipinski definition) is 0. The minimum Gasteiger partial charge on any atom is -0.497 e. The van der Waals surface area contributed by atoms with Crippen molar-refractivity contribution in [1.82, 2.24) is 0 Å². The fourth-order valence-corrected chi connectivity index (χ4v) is 4.89. The molecule has 4 rings (SSSR count). The molecule has 0 bridgehead atoms. The van der Waals surface area contributed by atoms with Gasteiger partial charge in [0.2, 0.25) is 0 Å². The summed E-state index contributed by atoms with van der Waals surface area (Å²) in [7, 11) is 1.63. The van der Waals surface area contributed by atoms with E-state index in [0.29, 0.717) is 19.8 Å². The quantitative estimate of drug-likeness (QED) is 0.151. The Kier molecular flexibility index (Phi) is 12.1. The summed E-state index contributed by atoms with van der Waals surface area (Å²) in [6.45, 7) is 8.03. The molecule has 1 aliphatic heterocycles. The van der Waals surface area contributed by atoms with Crippen LogP contribution in [0.3, 0.4) is 0 Å². The van der Waals surface area contributed by atoms with Gasteiger partial charge in [0.15, 0.2) is 12.6 Å². The molecule has 0 unspecified atom stereocenters. The maximum Gasteiger partial charge on any atom is 0.187 e. The van der Waals surface area contributed by atoms with Crippen LogP contribution < -0.4 is 4.74 Å². The second kappa shape index (κ2) is 16.0. The largest absolute Gasteiger partial charge is 0.497 e. The Balaban J connectivity index is 1.57. The smallest absolute Gasteiger partial charge is 0.187 e. The average molecular weight is 577 g/mol. The van der Waals surface area contributed by atoms with E-state index in [1.807, 2.05) is 84.9 Å². The average Bonchev–Trinajstić information content (AvgIpc) is 3.01. The van der Waals surface area contributed by atoms with Crippen molar-refractivity contribution in [2.75, 3.05) is 13.7 Å². The standard InChI is InChI=1S/C35H44O7/c1-35(2,3)20-11-21-38-32-31(39-24-28-16-18-29(37-4)19-17-28)30(22-36)42-34(41-25-27-14-9-6-10-15-27)33(32)40-23-26-12-7-5-8-13-26/h5-10,12-19,22,30-34H,11,20-21,23-25H2,1-4H3/t30-,31-,32+,33-,34+/m1/s1. The number of carbonyl (C=O) groups excluding carboxylic acids is 1. The molecule has 3 aromatic rings. The zero-order valence-corrected chi connectivity index (χ0v) is 25.1. The normalized spacial score (nSPS) is 22.5. The maximum absolute atomic E-state index is 12.4. The SMILES string of the molecule is COc1ccc(CO[C@H]2[C@H](OCCCC(C)(C)C)[C@@H](OCc3ccccc3)[C@@H](OCc3ccccc3)O[C@@H]2C=O)cc1. The predicted octanol–water partition coefficient (Wildman–Crippen LogP) is 6.52. The van der Waals surface area contributed by atoms with Gasteiger partial charge >= 0.3 is 0 Å². The second-order valence-corrected chi connectivity index (χ2v) is 11.8. The number of aldehydes is 1. The molecule has 5 atom stereocenters. The lowest BCUT2D eigenvalue weighted by molar-refractivity contribution is -0.316. The fourth-order valence-electron chi connectivity index (χ4n) is 4.89. The van der Waals surface area contributed by atoms with Crippen molar-refractivity contribution in [2.45, 2.75) is 84.1 Å². The molecule has 1 heterocycles. The van der Waals surface area contributed by atoms with Gasteiger partial charge in [0.05, 0.1) is 26.9 Å². The summed E-state index contributed by atoms with van der Waals surface area (Å²) in [6, 6.07) is 27.4. The first-order valence-corrected chi connectivity index (χ1v) is 14.6. The molecule has 0 saturated carbocycles. The van der Waals surface area contributed by atoms with Crippen LogP contribution >= 0.6 is 0 Å². The van der Waals surface area contributed by atoms with Crippen LogP contribution in [0, 0.1) is 5.41 Å². The van der Waals surface area contributed by atoms with Gasteiger partial charge in [-0.2, -0.15) is 0 Å². The Labute approximate surface area is 250 Å². The van der Waals surface area contributed by atoms with E-state index in [-0.39, 0.29) is 12.0 Å². The number of ether oxygens (including phenoxy) is 6. The van der Waals surface area contributed by atoms with E-state index in [4.69, 9.17) is 28.4 Å². The molecule has 0 aromatic heterocycles. The maximum atomic E-state index is 12.4. The van der Waals surface area contributed by atoms with E-state index in [2.05, 4.69) is 20.8 Å². The third-order valence-corrected chi connectivity index (χ3v) is 7.19. The molecule has 42 heavy (non-hydrogen) atoms. The summed E-state index contributed by atoms with van der Waals surface area (Å²) < 4.78 is 37.2. The molecule has 1 aliphatic rings. The molecular formula is C35H44O7. The number of carbonyl (C=O) groups is 1. The van der Waals surface area contributed by atoms with E-state index in [1.165, 1.54) is 0 Å². The van der Waals surface area contributed by atoms with Gasteiger partial charge in [-0.25, -0.2) is 0 Å². The highest BCUT2D eigenvalue weighted by atomic mass is 16.7. The van der Waals surface area contributed by atoms with Crippen molar-refractivity contribution in [3.8, 4) is 5.75 Å². The van der Waals surface area contributed by atoms with Crippen molar-refractivity contribution < 1.29 is 33.2 Å². The molecular weight excluding hydrogens is 532 g/mol. The van der Waals surface area contributed by atoms with Crippen molar-refractivity contribution in [3.05, 3.63) is 102 Å². The Morgan fingerprint density at radius 1 is 0.690 bits per heavy atom. The van der Waals surface area contributed by atoms with E-state index in [0.717, 1.165) is 41.6 Å². The summed E-state index contributed by atoms with van der Waals surface area (Å²) in [4.78, 5) is 12.4. The van der Waals surface area contributed by atoms with E-state index >= 15 is 0 Å². The molecule has 0 spiro atoms. The number of hydrogen-bond acceptors (Lipinski definition) is 7. The van der Waals surface area contributed by atoms with Crippen LogP contribution in [-0.2, 0) is 48.3 Å². The van der Waals surface area contributed by atoms with Crippen LogP contribution in [0.1, 0.15) is 50.3 Å². The third-order valence-electron chi connectivity index (χ3n) is 7.19. The van der Waals surface area contributed by atoms with Crippen LogP contribution in [0.5, 0.6) is 5.75 Å². The molecule has 7 nitrogen and oxygen atoms in total. The van der Waals surface area contributed by atoms with Gasteiger partial charge in [-0.1, -0.05) is 93.6 Å². The van der Waals surface area contributed by atoms with Gasteiger partial charge in [0, 0.05) is 6.61 Å². The molecule has 1 fully saturated rings. The van der Waals surface area contributed by atoms with E-state index < -0.39 is 30.7 Å². The highest BCUT2D eigenvalue weighted by Crippen LogP contribution is 2.31. The van der Waals surface area contributed by atoms with Gasteiger partial charge < -0.3 is 33.2 Å². The monoisotopic (exact) mass is 576 g/mol. The lowest BCUT2D eigenvalue weighted by Crippen LogP contribution is -2.61. The number of benzene rings is 3. The summed E-state index contributed by atoms with van der Waals surface area (Å²) in [5.41, 5.74) is 3.13. The molecule has 1 saturated heterocycles. The minimum atomic E-state index is -0.895. The Hall–Kier alpha value is -3.07. The van der Waals surface area contributed by atoms with Crippen LogP contribution in [0.2, 0.25) is 0 Å².